The van der Waals surface area contributed by atoms with E-state index in [0.29, 0.717) is 64.4 Å². The monoisotopic (exact) mass is 468 g/mol. The van der Waals surface area contributed by atoms with E-state index < -0.39 is 0 Å². The van der Waals surface area contributed by atoms with Crippen molar-refractivity contribution < 1.29 is 23.7 Å². The Morgan fingerprint density at radius 1 is 0.457 bits per heavy atom. The lowest BCUT2D eigenvalue weighted by atomic mass is 9.90. The minimum absolute atomic E-state index is 0.439. The van der Waals surface area contributed by atoms with Gasteiger partial charge in [-0.3, -0.25) is 0 Å². The number of ether oxygens (including phenoxy) is 5. The molecule has 1 aliphatic rings. The van der Waals surface area contributed by atoms with Gasteiger partial charge in [0.15, 0.2) is 11.5 Å². The lowest BCUT2D eigenvalue weighted by Gasteiger charge is -2.17. The van der Waals surface area contributed by atoms with Gasteiger partial charge in [-0.25, -0.2) is 0 Å². The lowest BCUT2D eigenvalue weighted by molar-refractivity contribution is 0.00708. The molecule has 5 heteroatoms. The molecule has 1 aliphatic heterocycles. The first-order valence-electron chi connectivity index (χ1n) is 12.2. The van der Waals surface area contributed by atoms with Gasteiger partial charge in [0, 0.05) is 0 Å². The molecule has 5 aromatic carbocycles. The van der Waals surface area contributed by atoms with Gasteiger partial charge in [-0.15, -0.1) is 0 Å². The molecule has 0 saturated carbocycles. The molecule has 5 nitrogen and oxygen atoms in total. The molecule has 1 heterocycles. The van der Waals surface area contributed by atoms with E-state index in [1.807, 2.05) is 6.07 Å². The predicted octanol–water partition coefficient (Wildman–Crippen LogP) is 6.07. The van der Waals surface area contributed by atoms with E-state index in [9.17, 15) is 0 Å². The Kier molecular flexibility index (Phi) is 6.37. The molecule has 0 radical (unpaired) electrons. The van der Waals surface area contributed by atoms with Crippen LogP contribution >= 0.6 is 0 Å². The van der Waals surface area contributed by atoms with E-state index in [4.69, 9.17) is 23.7 Å². The molecule has 0 unspecified atom stereocenters. The summed E-state index contributed by atoms with van der Waals surface area (Å²) in [7, 11) is 0. The van der Waals surface area contributed by atoms with Gasteiger partial charge in [-0.1, -0.05) is 60.7 Å². The Balaban J connectivity index is 1.38. The first-order valence-corrected chi connectivity index (χ1v) is 12.2. The first-order chi connectivity index (χ1) is 17.4. The molecule has 5 aromatic rings. The maximum atomic E-state index is 6.12. The third kappa shape index (κ3) is 4.50. The molecular weight excluding hydrogens is 440 g/mol. The van der Waals surface area contributed by atoms with Gasteiger partial charge in [0.05, 0.1) is 39.6 Å². The van der Waals surface area contributed by atoms with Gasteiger partial charge in [0.1, 0.15) is 13.2 Å². The molecule has 6 rings (SSSR count). The Hall–Kier alpha value is -3.38. The summed E-state index contributed by atoms with van der Waals surface area (Å²) in [6.07, 6.45) is 0. The van der Waals surface area contributed by atoms with Crippen molar-refractivity contribution in [3.63, 3.8) is 0 Å². The second kappa shape index (κ2) is 10.1. The summed E-state index contributed by atoms with van der Waals surface area (Å²) in [4.78, 5) is 0. The highest BCUT2D eigenvalue weighted by Gasteiger charge is 2.14. The summed E-state index contributed by atoms with van der Waals surface area (Å²) in [5.41, 5.74) is 2.27. The SMILES string of the molecule is c1cc2ccc3ccc(-c4ccc5c(c4)OCCOCCOCCOCCO5)c4ccc(c1)c2c34. The zero-order valence-electron chi connectivity index (χ0n) is 19.6. The topological polar surface area (TPSA) is 46.2 Å². The van der Waals surface area contributed by atoms with Crippen LogP contribution in [-0.4, -0.2) is 52.9 Å². The van der Waals surface area contributed by atoms with Crippen molar-refractivity contribution in [2.45, 2.75) is 0 Å². The molecule has 0 N–H and O–H groups in total. The zero-order valence-corrected chi connectivity index (χ0v) is 19.6. The number of hydrogen-bond donors (Lipinski definition) is 0. The highest BCUT2D eigenvalue weighted by molar-refractivity contribution is 6.25. The minimum Gasteiger partial charge on any atom is -0.487 e. The predicted molar refractivity (Wildman–Crippen MR) is 139 cm³/mol. The molecule has 0 spiro atoms. The van der Waals surface area contributed by atoms with Gasteiger partial charge in [0.25, 0.3) is 0 Å². The second-order valence-electron chi connectivity index (χ2n) is 8.66. The fourth-order valence-corrected chi connectivity index (χ4v) is 4.86. The van der Waals surface area contributed by atoms with Crippen LogP contribution in [0.25, 0.3) is 43.4 Å². The van der Waals surface area contributed by atoms with Crippen LogP contribution in [0.3, 0.4) is 0 Å². The standard InChI is InChI=1S/C30H28O5/c1-2-21-4-5-23-6-9-25(26-10-7-22(3-1)29(21)30(23)26)24-8-11-27-28(20-24)35-19-17-33-15-13-31-12-14-32-16-18-34-27/h1-11,20H,12-19H2. The number of benzene rings is 5. The molecule has 178 valence electrons. The number of rotatable bonds is 1. The maximum Gasteiger partial charge on any atom is 0.161 e. The van der Waals surface area contributed by atoms with Crippen LogP contribution in [0, 0.1) is 0 Å². The summed E-state index contributed by atoms with van der Waals surface area (Å²) >= 11 is 0. The van der Waals surface area contributed by atoms with Crippen LogP contribution < -0.4 is 9.47 Å². The summed E-state index contributed by atoms with van der Waals surface area (Å²) in [6.45, 7) is 4.06. The Bertz CT molecular complexity index is 1430. The van der Waals surface area contributed by atoms with E-state index in [-0.39, 0.29) is 0 Å². The highest BCUT2D eigenvalue weighted by atomic mass is 16.6. The summed E-state index contributed by atoms with van der Waals surface area (Å²) < 4.78 is 28.8. The van der Waals surface area contributed by atoms with Gasteiger partial charge in [-0.2, -0.15) is 0 Å². The Morgan fingerprint density at radius 3 is 1.74 bits per heavy atom. The third-order valence-corrected chi connectivity index (χ3v) is 6.50. The number of hydrogen-bond acceptors (Lipinski definition) is 5. The van der Waals surface area contributed by atoms with Crippen molar-refractivity contribution in [3.8, 4) is 22.6 Å². The molecular formula is C30H28O5. The molecule has 35 heavy (non-hydrogen) atoms. The molecule has 0 fully saturated rings. The lowest BCUT2D eigenvalue weighted by Crippen LogP contribution is -2.13. The molecule has 0 aliphatic carbocycles. The smallest absolute Gasteiger partial charge is 0.161 e. The van der Waals surface area contributed by atoms with Crippen molar-refractivity contribution in [1.82, 2.24) is 0 Å². The van der Waals surface area contributed by atoms with Crippen molar-refractivity contribution >= 4 is 32.3 Å². The zero-order chi connectivity index (χ0) is 23.5. The van der Waals surface area contributed by atoms with Crippen LogP contribution in [0.1, 0.15) is 0 Å². The van der Waals surface area contributed by atoms with E-state index >= 15 is 0 Å². The molecule has 0 aromatic heterocycles. The van der Waals surface area contributed by atoms with E-state index in [2.05, 4.69) is 66.7 Å². The maximum absolute atomic E-state index is 6.12. The minimum atomic E-state index is 0.439. The van der Waals surface area contributed by atoms with E-state index in [1.165, 1.54) is 37.9 Å². The fourth-order valence-electron chi connectivity index (χ4n) is 4.86. The van der Waals surface area contributed by atoms with Gasteiger partial charge in [-0.05, 0) is 55.6 Å². The summed E-state index contributed by atoms with van der Waals surface area (Å²) in [5, 5.41) is 7.65. The van der Waals surface area contributed by atoms with Crippen molar-refractivity contribution in [3.05, 3.63) is 72.8 Å². The summed E-state index contributed by atoms with van der Waals surface area (Å²) in [5.74, 6) is 1.42. The Labute approximate surface area is 204 Å². The van der Waals surface area contributed by atoms with Crippen LogP contribution in [0.5, 0.6) is 11.5 Å². The highest BCUT2D eigenvalue weighted by Crippen LogP contribution is 2.41. The van der Waals surface area contributed by atoms with Crippen LogP contribution in [0.2, 0.25) is 0 Å². The van der Waals surface area contributed by atoms with Gasteiger partial charge in [0.2, 0.25) is 0 Å². The van der Waals surface area contributed by atoms with Gasteiger partial charge < -0.3 is 23.7 Å². The van der Waals surface area contributed by atoms with E-state index in [1.54, 1.807) is 0 Å². The fraction of sp³-hybridized carbons (Fsp3) is 0.267. The van der Waals surface area contributed by atoms with Crippen LogP contribution in [-0.2, 0) is 14.2 Å². The largest absolute Gasteiger partial charge is 0.487 e. The average Bonchev–Trinajstić information content (AvgIpc) is 2.91. The average molecular weight is 469 g/mol. The molecule has 0 saturated heterocycles. The third-order valence-electron chi connectivity index (χ3n) is 6.50. The molecule has 0 amide bonds. The summed E-state index contributed by atoms with van der Waals surface area (Å²) in [6, 6.07) is 26.0. The quantitative estimate of drug-likeness (QED) is 0.279. The van der Waals surface area contributed by atoms with Crippen molar-refractivity contribution in [2.75, 3.05) is 52.9 Å². The Morgan fingerprint density at radius 2 is 1.03 bits per heavy atom. The van der Waals surface area contributed by atoms with Crippen molar-refractivity contribution in [2.24, 2.45) is 0 Å². The normalized spacial score (nSPS) is 16.3. The van der Waals surface area contributed by atoms with E-state index in [0.717, 1.165) is 5.56 Å². The van der Waals surface area contributed by atoms with Crippen LogP contribution in [0.15, 0.2) is 72.8 Å². The van der Waals surface area contributed by atoms with Gasteiger partial charge >= 0.3 is 0 Å². The first kappa shape index (κ1) is 22.1. The number of fused-ring (bicyclic) bond motifs is 1. The van der Waals surface area contributed by atoms with Crippen LogP contribution in [0.4, 0.5) is 0 Å². The second-order valence-corrected chi connectivity index (χ2v) is 8.66. The van der Waals surface area contributed by atoms with Crippen molar-refractivity contribution in [1.29, 1.82) is 0 Å². The molecule has 0 bridgehead atoms. The molecule has 0 atom stereocenters.